The second kappa shape index (κ2) is 6.23. The number of carboxylic acids is 2. The molecule has 2 N–H and O–H groups in total. The molecule has 1 saturated heterocycles. The monoisotopic (exact) mass is 376 g/mol. The minimum absolute atomic E-state index is 0.0799. The summed E-state index contributed by atoms with van der Waals surface area (Å²) in [6.45, 7) is 0. The lowest BCUT2D eigenvalue weighted by Gasteiger charge is -2.45. The molecule has 1 amide bonds. The third kappa shape index (κ3) is 2.90. The van der Waals surface area contributed by atoms with Gasteiger partial charge >= 0.3 is 11.9 Å². The van der Waals surface area contributed by atoms with Gasteiger partial charge in [-0.2, -0.15) is 0 Å². The SMILES string of the molecule is O=C(O)/C=C/C1=C(C(=O)O)N2C(=O)/C(=C/c3ccccn3)C2S(=O)(=O)C1. The van der Waals surface area contributed by atoms with Crippen molar-refractivity contribution in [2.45, 2.75) is 5.37 Å². The van der Waals surface area contributed by atoms with Crippen LogP contribution in [-0.2, 0) is 24.2 Å². The summed E-state index contributed by atoms with van der Waals surface area (Å²) in [5, 5.41) is 16.7. The van der Waals surface area contributed by atoms with Crippen LogP contribution in [0.15, 0.2) is 53.4 Å². The van der Waals surface area contributed by atoms with E-state index in [0.29, 0.717) is 16.7 Å². The minimum atomic E-state index is -3.95. The second-order valence-electron chi connectivity index (χ2n) is 5.54. The number of sulfone groups is 1. The summed E-state index contributed by atoms with van der Waals surface area (Å²) >= 11 is 0. The lowest BCUT2D eigenvalue weighted by Crippen LogP contribution is -2.62. The van der Waals surface area contributed by atoms with Crippen LogP contribution in [0.4, 0.5) is 0 Å². The molecule has 3 heterocycles. The van der Waals surface area contributed by atoms with Crippen molar-refractivity contribution in [3.63, 3.8) is 0 Å². The molecule has 1 fully saturated rings. The molecule has 0 aromatic carbocycles. The van der Waals surface area contributed by atoms with Gasteiger partial charge in [-0.25, -0.2) is 18.0 Å². The highest BCUT2D eigenvalue weighted by Crippen LogP contribution is 2.41. The standard InChI is InChI=1S/C16H12N2O7S/c19-12(20)5-4-9-8-26(24,25)15-11(7-10-3-1-2-6-17-10)14(21)18(15)13(9)16(22)23/h1-7,15H,8H2,(H,19,20)(H,22,23)/b5-4+,11-7-. The molecule has 10 heteroatoms. The third-order valence-electron chi connectivity index (χ3n) is 3.83. The summed E-state index contributed by atoms with van der Waals surface area (Å²) in [6, 6.07) is 4.89. The highest BCUT2D eigenvalue weighted by molar-refractivity contribution is 7.92. The summed E-state index contributed by atoms with van der Waals surface area (Å²) in [5.74, 6) is -4.35. The quantitative estimate of drug-likeness (QED) is 0.554. The summed E-state index contributed by atoms with van der Waals surface area (Å²) in [6.07, 6.45) is 4.29. The van der Waals surface area contributed by atoms with Crippen LogP contribution in [0.2, 0.25) is 0 Å². The Balaban J connectivity index is 2.10. The van der Waals surface area contributed by atoms with E-state index in [4.69, 9.17) is 5.11 Å². The highest BCUT2D eigenvalue weighted by Gasteiger charge is 2.56. The second-order valence-corrected chi connectivity index (χ2v) is 7.60. The molecule has 0 bridgehead atoms. The van der Waals surface area contributed by atoms with Gasteiger partial charge in [0, 0.05) is 12.3 Å². The van der Waals surface area contributed by atoms with E-state index in [0.717, 1.165) is 6.08 Å². The van der Waals surface area contributed by atoms with Gasteiger partial charge in [0.05, 0.1) is 17.0 Å². The summed E-state index contributed by atoms with van der Waals surface area (Å²) in [5.41, 5.74) is -0.515. The van der Waals surface area contributed by atoms with E-state index in [9.17, 15) is 27.9 Å². The Bertz CT molecular complexity index is 1010. The van der Waals surface area contributed by atoms with E-state index < -0.39 is 44.5 Å². The van der Waals surface area contributed by atoms with Crippen LogP contribution in [0.5, 0.6) is 0 Å². The molecule has 1 atom stereocenters. The molecule has 134 valence electrons. The number of aliphatic carboxylic acids is 2. The maximum Gasteiger partial charge on any atom is 0.352 e. The number of amides is 1. The number of hydrogen-bond acceptors (Lipinski definition) is 6. The zero-order chi connectivity index (χ0) is 19.1. The Labute approximate surface area is 147 Å². The van der Waals surface area contributed by atoms with E-state index in [2.05, 4.69) is 4.98 Å². The Morgan fingerprint density at radius 3 is 2.58 bits per heavy atom. The van der Waals surface area contributed by atoms with Gasteiger partial charge in [-0.15, -0.1) is 0 Å². The van der Waals surface area contributed by atoms with Crippen LogP contribution < -0.4 is 0 Å². The van der Waals surface area contributed by atoms with Crippen molar-refractivity contribution in [1.29, 1.82) is 0 Å². The Kier molecular flexibility index (Phi) is 4.20. The summed E-state index contributed by atoms with van der Waals surface area (Å²) in [7, 11) is -3.95. The molecule has 3 rings (SSSR count). The van der Waals surface area contributed by atoms with Crippen molar-refractivity contribution in [2.24, 2.45) is 0 Å². The fourth-order valence-electron chi connectivity index (χ4n) is 2.81. The number of carbonyl (C=O) groups excluding carboxylic acids is 1. The van der Waals surface area contributed by atoms with Crippen molar-refractivity contribution in [3.8, 4) is 0 Å². The Morgan fingerprint density at radius 2 is 2.00 bits per heavy atom. The van der Waals surface area contributed by atoms with Gasteiger partial charge < -0.3 is 10.2 Å². The van der Waals surface area contributed by atoms with Crippen molar-refractivity contribution in [3.05, 3.63) is 59.1 Å². The lowest BCUT2D eigenvalue weighted by molar-refractivity contribution is -0.141. The zero-order valence-corrected chi connectivity index (χ0v) is 13.9. The Morgan fingerprint density at radius 1 is 1.27 bits per heavy atom. The van der Waals surface area contributed by atoms with Crippen molar-refractivity contribution in [1.82, 2.24) is 9.88 Å². The topological polar surface area (TPSA) is 142 Å². The van der Waals surface area contributed by atoms with Crippen LogP contribution in [0.3, 0.4) is 0 Å². The van der Waals surface area contributed by atoms with Gasteiger partial charge in [0.15, 0.2) is 15.2 Å². The predicted octanol–water partition coefficient (Wildman–Crippen LogP) is 0.0412. The fraction of sp³-hybridized carbons (Fsp3) is 0.125. The molecule has 26 heavy (non-hydrogen) atoms. The first-order chi connectivity index (χ1) is 12.2. The van der Waals surface area contributed by atoms with E-state index in [1.807, 2.05) is 0 Å². The average molecular weight is 376 g/mol. The van der Waals surface area contributed by atoms with Crippen LogP contribution in [0.1, 0.15) is 5.69 Å². The first kappa shape index (κ1) is 17.5. The zero-order valence-electron chi connectivity index (χ0n) is 13.1. The molecule has 2 aliphatic heterocycles. The minimum Gasteiger partial charge on any atom is -0.478 e. The molecule has 9 nitrogen and oxygen atoms in total. The molecular formula is C16H12N2O7S. The van der Waals surface area contributed by atoms with Crippen LogP contribution in [0.25, 0.3) is 6.08 Å². The van der Waals surface area contributed by atoms with E-state index in [1.165, 1.54) is 12.3 Å². The van der Waals surface area contributed by atoms with Gasteiger partial charge in [0.2, 0.25) is 0 Å². The van der Waals surface area contributed by atoms with Crippen molar-refractivity contribution < 1.29 is 33.0 Å². The maximum atomic E-state index is 12.5. The van der Waals surface area contributed by atoms with Crippen LogP contribution in [-0.4, -0.2) is 57.5 Å². The normalized spacial score (nSPS) is 23.1. The number of allylic oxidation sites excluding steroid dienone is 1. The maximum absolute atomic E-state index is 12.5. The molecule has 0 saturated carbocycles. The van der Waals surface area contributed by atoms with Gasteiger partial charge in [-0.1, -0.05) is 6.07 Å². The smallest absolute Gasteiger partial charge is 0.352 e. The van der Waals surface area contributed by atoms with E-state index >= 15 is 0 Å². The Hall–Kier alpha value is -3.27. The van der Waals surface area contributed by atoms with Crippen LogP contribution in [0, 0.1) is 0 Å². The van der Waals surface area contributed by atoms with Gasteiger partial charge in [0.25, 0.3) is 5.91 Å². The molecule has 1 aromatic rings. The predicted molar refractivity (Wildman–Crippen MR) is 88.1 cm³/mol. The molecule has 1 aromatic heterocycles. The lowest BCUT2D eigenvalue weighted by atomic mass is 10.0. The summed E-state index contributed by atoms with van der Waals surface area (Å²) < 4.78 is 25.1. The van der Waals surface area contributed by atoms with Gasteiger partial charge in [0.1, 0.15) is 5.70 Å². The third-order valence-corrected chi connectivity index (χ3v) is 5.69. The summed E-state index contributed by atoms with van der Waals surface area (Å²) in [4.78, 5) is 39.3. The largest absolute Gasteiger partial charge is 0.478 e. The van der Waals surface area contributed by atoms with E-state index in [-0.39, 0.29) is 11.1 Å². The number of aromatic nitrogens is 1. The molecular weight excluding hydrogens is 364 g/mol. The van der Waals surface area contributed by atoms with Gasteiger partial charge in [-0.05, 0) is 29.9 Å². The number of nitrogens with zero attached hydrogens (tertiary/aromatic N) is 2. The number of β-lactam (4-membered cyclic amide) rings is 1. The molecule has 0 aliphatic carbocycles. The fourth-order valence-corrected chi connectivity index (χ4v) is 4.71. The van der Waals surface area contributed by atoms with Crippen molar-refractivity contribution in [2.75, 3.05) is 5.75 Å². The first-order valence-corrected chi connectivity index (χ1v) is 8.99. The number of pyridine rings is 1. The average Bonchev–Trinajstić information content (AvgIpc) is 2.57. The van der Waals surface area contributed by atoms with E-state index in [1.54, 1.807) is 18.2 Å². The number of hydrogen-bond donors (Lipinski definition) is 2. The number of carboxylic acid groups (broad SMARTS) is 2. The highest BCUT2D eigenvalue weighted by atomic mass is 32.2. The van der Waals surface area contributed by atoms with Crippen molar-refractivity contribution >= 4 is 33.8 Å². The molecule has 0 radical (unpaired) electrons. The molecule has 2 aliphatic rings. The van der Waals surface area contributed by atoms with Crippen LogP contribution >= 0.6 is 0 Å². The molecule has 0 spiro atoms. The number of rotatable bonds is 4. The first-order valence-electron chi connectivity index (χ1n) is 7.27. The number of fused-ring (bicyclic) bond motifs is 1. The molecule has 1 unspecified atom stereocenters. The number of carbonyl (C=O) groups is 3. The van der Waals surface area contributed by atoms with Gasteiger partial charge in [-0.3, -0.25) is 14.7 Å².